The van der Waals surface area contributed by atoms with Gasteiger partial charge in [-0.1, -0.05) is 35.0 Å². The number of nitrogens with one attached hydrogen (secondary N) is 1. The predicted molar refractivity (Wildman–Crippen MR) is 85.0 cm³/mol. The van der Waals surface area contributed by atoms with Crippen molar-refractivity contribution in [3.8, 4) is 0 Å². The zero-order valence-corrected chi connectivity index (χ0v) is 13.7. The average Bonchev–Trinajstić information content (AvgIpc) is 2.48. The molecule has 0 bridgehead atoms. The number of hydrogen-bond acceptors (Lipinski definition) is 3. The van der Waals surface area contributed by atoms with Crippen molar-refractivity contribution < 1.29 is 9.84 Å². The summed E-state index contributed by atoms with van der Waals surface area (Å²) in [7, 11) is 0. The fourth-order valence-corrected chi connectivity index (χ4v) is 3.10. The summed E-state index contributed by atoms with van der Waals surface area (Å²) in [6, 6.07) is 8.45. The molecule has 4 heteroatoms. The number of hydrogen-bond donors (Lipinski definition) is 2. The maximum Gasteiger partial charge on any atom is 0.0501 e. The molecule has 1 atom stereocenters. The van der Waals surface area contributed by atoms with Crippen LogP contribution in [0.25, 0.3) is 0 Å². The summed E-state index contributed by atoms with van der Waals surface area (Å²) in [5.41, 5.74) is 1.34. The molecule has 2 N–H and O–H groups in total. The molecule has 0 spiro atoms. The van der Waals surface area contributed by atoms with E-state index < -0.39 is 0 Å². The average molecular weight is 342 g/mol. The first-order valence-electron chi connectivity index (χ1n) is 7.30. The van der Waals surface area contributed by atoms with Gasteiger partial charge in [0.1, 0.15) is 0 Å². The van der Waals surface area contributed by atoms with Crippen molar-refractivity contribution in [1.82, 2.24) is 5.32 Å². The van der Waals surface area contributed by atoms with Crippen LogP contribution in [0.2, 0.25) is 0 Å². The third-order valence-corrected chi connectivity index (χ3v) is 4.75. The topological polar surface area (TPSA) is 41.5 Å². The van der Waals surface area contributed by atoms with E-state index in [1.807, 2.05) is 6.07 Å². The highest BCUT2D eigenvalue weighted by atomic mass is 79.9. The molecule has 20 heavy (non-hydrogen) atoms. The van der Waals surface area contributed by atoms with Crippen molar-refractivity contribution in [3.05, 3.63) is 34.3 Å². The fourth-order valence-electron chi connectivity index (χ4n) is 2.68. The Morgan fingerprint density at radius 1 is 1.40 bits per heavy atom. The van der Waals surface area contributed by atoms with Crippen molar-refractivity contribution in [1.29, 1.82) is 0 Å². The second kappa shape index (κ2) is 7.55. The van der Waals surface area contributed by atoms with Crippen molar-refractivity contribution >= 4 is 15.9 Å². The summed E-state index contributed by atoms with van der Waals surface area (Å²) in [4.78, 5) is 0. The minimum atomic E-state index is 0.00917. The van der Waals surface area contributed by atoms with Gasteiger partial charge < -0.3 is 15.2 Å². The molecule has 1 aliphatic rings. The van der Waals surface area contributed by atoms with E-state index in [0.29, 0.717) is 5.92 Å². The van der Waals surface area contributed by atoms with Crippen molar-refractivity contribution in [2.24, 2.45) is 5.41 Å². The molecule has 1 aromatic carbocycles. The molecule has 0 aromatic heterocycles. The minimum absolute atomic E-state index is 0.00917. The molecule has 0 aliphatic carbocycles. The van der Waals surface area contributed by atoms with Crippen LogP contribution in [-0.4, -0.2) is 38.0 Å². The lowest BCUT2D eigenvalue weighted by atomic mass is 9.81. The Hall–Kier alpha value is -0.420. The molecule has 0 saturated carbocycles. The zero-order chi connectivity index (χ0) is 14.4. The van der Waals surface area contributed by atoms with E-state index in [0.717, 1.165) is 43.6 Å². The molecule has 1 saturated heterocycles. The lowest BCUT2D eigenvalue weighted by Gasteiger charge is -2.36. The highest BCUT2D eigenvalue weighted by molar-refractivity contribution is 9.10. The first-order valence-corrected chi connectivity index (χ1v) is 8.09. The number of benzene rings is 1. The van der Waals surface area contributed by atoms with Crippen LogP contribution < -0.4 is 5.32 Å². The SMILES string of the molecule is CC(CNCC1(CO)CCOCC1)c1cccc(Br)c1. The maximum atomic E-state index is 9.66. The lowest BCUT2D eigenvalue weighted by Crippen LogP contribution is -2.42. The maximum absolute atomic E-state index is 9.66. The molecule has 112 valence electrons. The zero-order valence-electron chi connectivity index (χ0n) is 12.1. The molecule has 1 fully saturated rings. The molecule has 1 aliphatic heterocycles. The predicted octanol–water partition coefficient (Wildman–Crippen LogP) is 2.93. The van der Waals surface area contributed by atoms with Crippen molar-refractivity contribution in [2.75, 3.05) is 32.9 Å². The van der Waals surface area contributed by atoms with Gasteiger partial charge in [0.2, 0.25) is 0 Å². The summed E-state index contributed by atoms with van der Waals surface area (Å²) in [5, 5.41) is 13.2. The van der Waals surface area contributed by atoms with Gasteiger partial charge in [0.15, 0.2) is 0 Å². The Balaban J connectivity index is 1.82. The summed E-state index contributed by atoms with van der Waals surface area (Å²) in [6.45, 7) is 5.80. The van der Waals surface area contributed by atoms with E-state index in [2.05, 4.69) is 46.4 Å². The fraction of sp³-hybridized carbons (Fsp3) is 0.625. The number of ether oxygens (including phenoxy) is 1. The highest BCUT2D eigenvalue weighted by Gasteiger charge is 2.31. The number of aliphatic hydroxyl groups is 1. The summed E-state index contributed by atoms with van der Waals surface area (Å²) in [6.07, 6.45) is 1.89. The number of rotatable bonds is 6. The van der Waals surface area contributed by atoms with Crippen molar-refractivity contribution in [3.63, 3.8) is 0 Å². The van der Waals surface area contributed by atoms with E-state index in [1.54, 1.807) is 0 Å². The van der Waals surface area contributed by atoms with E-state index in [9.17, 15) is 5.11 Å². The van der Waals surface area contributed by atoms with Crippen LogP contribution in [0, 0.1) is 5.41 Å². The standard InChI is InChI=1S/C16H24BrNO2/c1-13(14-3-2-4-15(17)9-14)10-18-11-16(12-19)5-7-20-8-6-16/h2-4,9,13,18-19H,5-8,10-12H2,1H3. The van der Waals surface area contributed by atoms with Crippen LogP contribution in [0.5, 0.6) is 0 Å². The van der Waals surface area contributed by atoms with Gasteiger partial charge in [0.05, 0.1) is 6.61 Å². The van der Waals surface area contributed by atoms with E-state index in [1.165, 1.54) is 5.56 Å². The summed E-state index contributed by atoms with van der Waals surface area (Å²) in [5.74, 6) is 0.461. The molecular weight excluding hydrogens is 318 g/mol. The van der Waals surface area contributed by atoms with Gasteiger partial charge in [0.25, 0.3) is 0 Å². The Kier molecular flexibility index (Phi) is 6.02. The van der Waals surface area contributed by atoms with E-state index in [4.69, 9.17) is 4.74 Å². The molecule has 1 aromatic rings. The van der Waals surface area contributed by atoms with Crippen molar-refractivity contribution in [2.45, 2.75) is 25.7 Å². The van der Waals surface area contributed by atoms with Gasteiger partial charge >= 0.3 is 0 Å². The number of aliphatic hydroxyl groups excluding tert-OH is 1. The second-order valence-electron chi connectivity index (χ2n) is 5.86. The monoisotopic (exact) mass is 341 g/mol. The molecule has 0 radical (unpaired) electrons. The highest BCUT2D eigenvalue weighted by Crippen LogP contribution is 2.29. The Morgan fingerprint density at radius 2 is 2.15 bits per heavy atom. The summed E-state index contributed by atoms with van der Waals surface area (Å²) >= 11 is 3.51. The lowest BCUT2D eigenvalue weighted by molar-refractivity contribution is -0.0152. The number of halogens is 1. The summed E-state index contributed by atoms with van der Waals surface area (Å²) < 4.78 is 6.52. The first kappa shape index (κ1) is 16.0. The first-order chi connectivity index (χ1) is 9.65. The normalized spacial score (nSPS) is 19.8. The second-order valence-corrected chi connectivity index (χ2v) is 6.77. The third-order valence-electron chi connectivity index (χ3n) is 4.26. The molecule has 0 amide bonds. The Bertz CT molecular complexity index is 419. The molecule has 1 heterocycles. The van der Waals surface area contributed by atoms with Gasteiger partial charge in [-0.2, -0.15) is 0 Å². The van der Waals surface area contributed by atoms with Gasteiger partial charge in [-0.25, -0.2) is 0 Å². The van der Waals surface area contributed by atoms with Crippen LogP contribution in [0.4, 0.5) is 0 Å². The van der Waals surface area contributed by atoms with E-state index in [-0.39, 0.29) is 12.0 Å². The quantitative estimate of drug-likeness (QED) is 0.835. The molecule has 2 rings (SSSR count). The van der Waals surface area contributed by atoms with Gasteiger partial charge in [-0.15, -0.1) is 0 Å². The van der Waals surface area contributed by atoms with Crippen LogP contribution >= 0.6 is 15.9 Å². The smallest absolute Gasteiger partial charge is 0.0501 e. The molecule has 3 nitrogen and oxygen atoms in total. The van der Waals surface area contributed by atoms with Gasteiger partial charge in [0, 0.05) is 36.2 Å². The Labute approximate surface area is 129 Å². The Morgan fingerprint density at radius 3 is 2.80 bits per heavy atom. The minimum Gasteiger partial charge on any atom is -0.396 e. The third kappa shape index (κ3) is 4.29. The molecule has 1 unspecified atom stereocenters. The van der Waals surface area contributed by atoms with Gasteiger partial charge in [-0.3, -0.25) is 0 Å². The molecular formula is C16H24BrNO2. The van der Waals surface area contributed by atoms with Crippen LogP contribution in [-0.2, 0) is 4.74 Å². The van der Waals surface area contributed by atoms with E-state index >= 15 is 0 Å². The van der Waals surface area contributed by atoms with Crippen LogP contribution in [0.15, 0.2) is 28.7 Å². The van der Waals surface area contributed by atoms with Crippen LogP contribution in [0.1, 0.15) is 31.2 Å². The largest absolute Gasteiger partial charge is 0.396 e. The van der Waals surface area contributed by atoms with Crippen LogP contribution in [0.3, 0.4) is 0 Å². The van der Waals surface area contributed by atoms with Gasteiger partial charge in [-0.05, 0) is 36.5 Å².